The number of nitrogens with zero attached hydrogens (tertiary/aromatic N) is 2. The van der Waals surface area contributed by atoms with E-state index in [1.807, 2.05) is 30.6 Å². The highest BCUT2D eigenvalue weighted by molar-refractivity contribution is 5.97. The number of nitrogens with one attached hydrogen (secondary N) is 2. The highest BCUT2D eigenvalue weighted by Gasteiger charge is 2.31. The number of urea groups is 1. The Morgan fingerprint density at radius 2 is 1.54 bits per heavy atom. The molecule has 2 rings (SSSR count). The van der Waals surface area contributed by atoms with Gasteiger partial charge in [-0.15, -0.1) is 0 Å². The number of amides is 4. The van der Waals surface area contributed by atoms with E-state index in [-0.39, 0.29) is 17.7 Å². The van der Waals surface area contributed by atoms with E-state index in [1.54, 1.807) is 6.92 Å². The number of hydrogen-bond acceptors (Lipinski definition) is 4. The van der Waals surface area contributed by atoms with Crippen molar-refractivity contribution >= 4 is 17.8 Å². The van der Waals surface area contributed by atoms with Crippen molar-refractivity contribution in [1.29, 1.82) is 0 Å². The normalized spacial score (nSPS) is 21.2. The van der Waals surface area contributed by atoms with Crippen molar-refractivity contribution in [2.45, 2.75) is 71.4 Å². The maximum atomic E-state index is 12.6. The van der Waals surface area contributed by atoms with Gasteiger partial charge < -0.3 is 10.2 Å². The minimum absolute atomic E-state index is 0.192. The Morgan fingerprint density at radius 3 is 2.08 bits per heavy atom. The van der Waals surface area contributed by atoms with Gasteiger partial charge in [0.15, 0.2) is 0 Å². The number of carbonyl (C=O) groups is 3. The second kappa shape index (κ2) is 8.84. The molecule has 2 N–H and O–H groups in total. The van der Waals surface area contributed by atoms with Gasteiger partial charge >= 0.3 is 6.03 Å². The van der Waals surface area contributed by atoms with Gasteiger partial charge in [-0.2, -0.15) is 0 Å². The predicted molar refractivity (Wildman–Crippen MR) is 101 cm³/mol. The summed E-state index contributed by atoms with van der Waals surface area (Å²) >= 11 is 0. The first kappa shape index (κ1) is 20.7. The number of rotatable bonds is 3. The Bertz CT molecular complexity index is 515. The van der Waals surface area contributed by atoms with Gasteiger partial charge in [0.2, 0.25) is 11.8 Å². The van der Waals surface area contributed by atoms with Gasteiger partial charge in [0.1, 0.15) is 0 Å². The van der Waals surface area contributed by atoms with E-state index in [1.165, 1.54) is 6.42 Å². The average Bonchev–Trinajstić information content (AvgIpc) is 2.59. The molecular weight excluding hydrogens is 332 g/mol. The molecule has 2 fully saturated rings. The van der Waals surface area contributed by atoms with Crippen LogP contribution in [0.25, 0.3) is 0 Å². The topological polar surface area (TPSA) is 81.8 Å². The zero-order valence-electron chi connectivity index (χ0n) is 16.6. The SMILES string of the molecule is CC(C(=O)NC(=O)NC(C)(C)C)N1CCN(C(=O)C2CCCCC2)CC1. The maximum Gasteiger partial charge on any atom is 0.321 e. The molecule has 148 valence electrons. The lowest BCUT2D eigenvalue weighted by atomic mass is 9.88. The highest BCUT2D eigenvalue weighted by Crippen LogP contribution is 2.26. The van der Waals surface area contributed by atoms with Crippen LogP contribution in [0.2, 0.25) is 0 Å². The van der Waals surface area contributed by atoms with Gasteiger partial charge in [-0.25, -0.2) is 4.79 Å². The number of hydrogen-bond donors (Lipinski definition) is 2. The number of imide groups is 1. The molecule has 4 amide bonds. The molecule has 0 bridgehead atoms. The molecule has 7 nitrogen and oxygen atoms in total. The van der Waals surface area contributed by atoms with Crippen LogP contribution in [-0.4, -0.2) is 65.4 Å². The lowest BCUT2D eigenvalue weighted by Gasteiger charge is -2.39. The van der Waals surface area contributed by atoms with E-state index < -0.39 is 17.6 Å². The van der Waals surface area contributed by atoms with Crippen molar-refractivity contribution < 1.29 is 14.4 Å². The third-order valence-electron chi connectivity index (χ3n) is 5.23. The summed E-state index contributed by atoms with van der Waals surface area (Å²) in [4.78, 5) is 40.8. The van der Waals surface area contributed by atoms with Crippen LogP contribution in [0.1, 0.15) is 59.8 Å². The van der Waals surface area contributed by atoms with E-state index >= 15 is 0 Å². The Morgan fingerprint density at radius 1 is 0.962 bits per heavy atom. The van der Waals surface area contributed by atoms with Gasteiger partial charge in [0, 0.05) is 37.6 Å². The summed E-state index contributed by atoms with van der Waals surface area (Å²) in [5.41, 5.74) is -0.390. The molecule has 1 atom stereocenters. The molecule has 26 heavy (non-hydrogen) atoms. The lowest BCUT2D eigenvalue weighted by molar-refractivity contribution is -0.139. The van der Waals surface area contributed by atoms with E-state index in [0.717, 1.165) is 25.7 Å². The van der Waals surface area contributed by atoms with E-state index in [4.69, 9.17) is 0 Å². The van der Waals surface area contributed by atoms with Crippen molar-refractivity contribution in [3.05, 3.63) is 0 Å². The van der Waals surface area contributed by atoms with Crippen molar-refractivity contribution in [1.82, 2.24) is 20.4 Å². The smallest absolute Gasteiger partial charge is 0.321 e. The number of carbonyl (C=O) groups excluding carboxylic acids is 3. The summed E-state index contributed by atoms with van der Waals surface area (Å²) in [7, 11) is 0. The first-order valence-corrected chi connectivity index (χ1v) is 9.83. The molecule has 0 aromatic carbocycles. The Kier molecular flexibility index (Phi) is 7.03. The van der Waals surface area contributed by atoms with Gasteiger partial charge in [-0.1, -0.05) is 19.3 Å². The fourth-order valence-electron chi connectivity index (χ4n) is 3.69. The molecule has 7 heteroatoms. The Balaban J connectivity index is 1.78. The van der Waals surface area contributed by atoms with Crippen LogP contribution >= 0.6 is 0 Å². The zero-order valence-corrected chi connectivity index (χ0v) is 16.6. The molecule has 0 radical (unpaired) electrons. The summed E-state index contributed by atoms with van der Waals surface area (Å²) in [5.74, 6) is 0.168. The van der Waals surface area contributed by atoms with Crippen molar-refractivity contribution in [3.8, 4) is 0 Å². The minimum Gasteiger partial charge on any atom is -0.340 e. The molecule has 0 aromatic rings. The van der Waals surface area contributed by atoms with Crippen LogP contribution < -0.4 is 10.6 Å². The molecule has 1 saturated heterocycles. The summed E-state index contributed by atoms with van der Waals surface area (Å²) < 4.78 is 0. The first-order valence-electron chi connectivity index (χ1n) is 9.83. The fourth-order valence-corrected chi connectivity index (χ4v) is 3.69. The second-order valence-corrected chi connectivity index (χ2v) is 8.57. The summed E-state index contributed by atoms with van der Waals surface area (Å²) in [5, 5.41) is 5.13. The van der Waals surface area contributed by atoms with Gasteiger partial charge in [-0.3, -0.25) is 19.8 Å². The minimum atomic E-state index is -0.472. The summed E-state index contributed by atoms with van der Waals surface area (Å²) in [6.45, 7) is 10.0. The molecule has 1 aliphatic carbocycles. The van der Waals surface area contributed by atoms with Gasteiger partial charge in [-0.05, 0) is 40.5 Å². The molecule has 1 saturated carbocycles. The van der Waals surface area contributed by atoms with E-state index in [0.29, 0.717) is 26.2 Å². The van der Waals surface area contributed by atoms with Crippen LogP contribution in [0.15, 0.2) is 0 Å². The highest BCUT2D eigenvalue weighted by atomic mass is 16.2. The third kappa shape index (κ3) is 5.97. The second-order valence-electron chi connectivity index (χ2n) is 8.57. The van der Waals surface area contributed by atoms with Crippen LogP contribution in [0.4, 0.5) is 4.79 Å². The standard InChI is InChI=1S/C19H34N4O3/c1-14(16(24)20-18(26)21-19(2,3)4)22-10-12-23(13-11-22)17(25)15-8-6-5-7-9-15/h14-15H,5-13H2,1-4H3,(H2,20,21,24,26). The van der Waals surface area contributed by atoms with Gasteiger partial charge in [0.25, 0.3) is 0 Å². The molecule has 0 aromatic heterocycles. The number of piperazine rings is 1. The largest absolute Gasteiger partial charge is 0.340 e. The summed E-state index contributed by atoms with van der Waals surface area (Å²) in [6.07, 6.45) is 5.59. The fraction of sp³-hybridized carbons (Fsp3) is 0.842. The Hall–Kier alpha value is -1.63. The molecule has 2 aliphatic rings. The molecular formula is C19H34N4O3. The quantitative estimate of drug-likeness (QED) is 0.797. The Labute approximate surface area is 156 Å². The lowest BCUT2D eigenvalue weighted by Crippen LogP contribution is -2.57. The monoisotopic (exact) mass is 366 g/mol. The van der Waals surface area contributed by atoms with Crippen LogP contribution in [0.3, 0.4) is 0 Å². The third-order valence-corrected chi connectivity index (χ3v) is 5.23. The van der Waals surface area contributed by atoms with E-state index in [2.05, 4.69) is 10.6 Å². The van der Waals surface area contributed by atoms with Crippen LogP contribution in [0.5, 0.6) is 0 Å². The maximum absolute atomic E-state index is 12.6. The molecule has 1 aliphatic heterocycles. The molecule has 0 spiro atoms. The van der Waals surface area contributed by atoms with Gasteiger partial charge in [0.05, 0.1) is 6.04 Å². The first-order chi connectivity index (χ1) is 12.2. The van der Waals surface area contributed by atoms with Crippen molar-refractivity contribution in [2.24, 2.45) is 5.92 Å². The van der Waals surface area contributed by atoms with Crippen LogP contribution in [0, 0.1) is 5.92 Å². The van der Waals surface area contributed by atoms with Crippen molar-refractivity contribution in [2.75, 3.05) is 26.2 Å². The van der Waals surface area contributed by atoms with E-state index in [9.17, 15) is 14.4 Å². The predicted octanol–water partition coefficient (Wildman–Crippen LogP) is 1.72. The average molecular weight is 367 g/mol. The van der Waals surface area contributed by atoms with Crippen LogP contribution in [-0.2, 0) is 9.59 Å². The molecule has 1 heterocycles. The summed E-state index contributed by atoms with van der Waals surface area (Å²) in [6, 6.07) is -0.867. The zero-order chi connectivity index (χ0) is 19.3. The molecule has 1 unspecified atom stereocenters. The van der Waals surface area contributed by atoms with Crippen molar-refractivity contribution in [3.63, 3.8) is 0 Å².